The lowest BCUT2D eigenvalue weighted by Crippen LogP contribution is -2.49. The second-order valence-corrected chi connectivity index (χ2v) is 3.70. The Morgan fingerprint density at radius 3 is 2.40 bits per heavy atom. The van der Waals surface area contributed by atoms with Gasteiger partial charge in [0.2, 0.25) is 0 Å². The molecule has 0 aliphatic carbocycles. The molecule has 1 saturated heterocycles. The summed E-state index contributed by atoms with van der Waals surface area (Å²) in [5.41, 5.74) is 0. The van der Waals surface area contributed by atoms with Crippen LogP contribution in [0.5, 0.6) is 0 Å². The Morgan fingerprint density at radius 2 is 2.00 bits per heavy atom. The van der Waals surface area contributed by atoms with Crippen molar-refractivity contribution in [2.45, 2.75) is 39.7 Å². The first-order chi connectivity index (χ1) is 4.74. The van der Waals surface area contributed by atoms with Gasteiger partial charge >= 0.3 is 0 Å². The van der Waals surface area contributed by atoms with E-state index in [1.165, 1.54) is 25.9 Å². The van der Waals surface area contributed by atoms with Crippen molar-refractivity contribution in [1.82, 2.24) is 4.90 Å². The summed E-state index contributed by atoms with van der Waals surface area (Å²) < 4.78 is 0. The predicted molar refractivity (Wildman–Crippen MR) is 45.1 cm³/mol. The van der Waals surface area contributed by atoms with Crippen molar-refractivity contribution in [1.29, 1.82) is 0 Å². The summed E-state index contributed by atoms with van der Waals surface area (Å²) in [5, 5.41) is 0. The summed E-state index contributed by atoms with van der Waals surface area (Å²) in [5.74, 6) is 1.02. The van der Waals surface area contributed by atoms with Crippen LogP contribution in [0.3, 0.4) is 0 Å². The third-order valence-electron chi connectivity index (χ3n) is 2.41. The lowest BCUT2D eigenvalue weighted by Gasteiger charge is -2.42. The molecule has 0 spiro atoms. The number of hydrogen-bond donors (Lipinski definition) is 0. The molecule has 0 saturated carbocycles. The van der Waals surface area contributed by atoms with Gasteiger partial charge in [-0.3, -0.25) is 0 Å². The Balaban J connectivity index is 2.06. The van der Waals surface area contributed by atoms with Crippen LogP contribution in [0.2, 0.25) is 0 Å². The van der Waals surface area contributed by atoms with Gasteiger partial charge < -0.3 is 4.90 Å². The van der Waals surface area contributed by atoms with Crippen molar-refractivity contribution >= 4 is 0 Å². The third-order valence-corrected chi connectivity index (χ3v) is 2.41. The highest BCUT2D eigenvalue weighted by Gasteiger charge is 2.26. The van der Waals surface area contributed by atoms with Crippen LogP contribution in [-0.4, -0.2) is 24.0 Å². The van der Waals surface area contributed by atoms with Gasteiger partial charge in [-0.1, -0.05) is 13.3 Å². The average Bonchev–Trinajstić information content (AvgIpc) is 1.76. The number of nitrogens with zero attached hydrogens (tertiary/aromatic N) is 1. The zero-order chi connectivity index (χ0) is 7.56. The molecule has 1 aliphatic heterocycles. The highest BCUT2D eigenvalue weighted by atomic mass is 15.2. The molecule has 0 atom stereocenters. The lowest BCUT2D eigenvalue weighted by atomic mass is 9.94. The van der Waals surface area contributed by atoms with Crippen LogP contribution in [0, 0.1) is 5.92 Å². The normalized spacial score (nSPS) is 21.6. The fourth-order valence-electron chi connectivity index (χ4n) is 1.62. The maximum absolute atomic E-state index is 2.54. The van der Waals surface area contributed by atoms with Crippen molar-refractivity contribution < 1.29 is 0 Å². The summed E-state index contributed by atoms with van der Waals surface area (Å²) >= 11 is 0. The standard InChI is InChI=1S/C9H19N/c1-4-5-9-6-10(7-9)8(2)3/h8-9H,4-7H2,1-3H3. The monoisotopic (exact) mass is 141 g/mol. The van der Waals surface area contributed by atoms with E-state index in [1.54, 1.807) is 0 Å². The van der Waals surface area contributed by atoms with Crippen molar-refractivity contribution in [3.05, 3.63) is 0 Å². The van der Waals surface area contributed by atoms with E-state index in [-0.39, 0.29) is 0 Å². The molecule has 0 amide bonds. The fourth-order valence-corrected chi connectivity index (χ4v) is 1.62. The highest BCUT2D eigenvalue weighted by molar-refractivity contribution is 4.81. The molecule has 0 aromatic heterocycles. The minimum absolute atomic E-state index is 0.771. The van der Waals surface area contributed by atoms with Gasteiger partial charge in [-0.05, 0) is 26.2 Å². The van der Waals surface area contributed by atoms with E-state index in [4.69, 9.17) is 0 Å². The van der Waals surface area contributed by atoms with Gasteiger partial charge in [0.25, 0.3) is 0 Å². The Morgan fingerprint density at radius 1 is 1.40 bits per heavy atom. The maximum atomic E-state index is 2.54. The Labute approximate surface area is 64.4 Å². The van der Waals surface area contributed by atoms with Gasteiger partial charge in [-0.2, -0.15) is 0 Å². The first-order valence-electron chi connectivity index (χ1n) is 4.48. The molecule has 0 bridgehead atoms. The summed E-state index contributed by atoms with van der Waals surface area (Å²) in [6.45, 7) is 9.54. The highest BCUT2D eigenvalue weighted by Crippen LogP contribution is 2.21. The van der Waals surface area contributed by atoms with Gasteiger partial charge in [-0.25, -0.2) is 0 Å². The smallest absolute Gasteiger partial charge is 0.00388 e. The quantitative estimate of drug-likeness (QED) is 0.582. The molecule has 1 fully saturated rings. The summed E-state index contributed by atoms with van der Waals surface area (Å²) in [6, 6.07) is 0.771. The molecule has 1 nitrogen and oxygen atoms in total. The van der Waals surface area contributed by atoms with Gasteiger partial charge in [0, 0.05) is 19.1 Å². The van der Waals surface area contributed by atoms with Crippen LogP contribution in [0.15, 0.2) is 0 Å². The summed E-state index contributed by atoms with van der Waals surface area (Å²) in [6.07, 6.45) is 2.79. The van der Waals surface area contributed by atoms with Crippen molar-refractivity contribution in [2.24, 2.45) is 5.92 Å². The Kier molecular flexibility index (Phi) is 2.72. The van der Waals surface area contributed by atoms with E-state index in [0.717, 1.165) is 12.0 Å². The van der Waals surface area contributed by atoms with Crippen LogP contribution < -0.4 is 0 Å². The van der Waals surface area contributed by atoms with Crippen LogP contribution in [-0.2, 0) is 0 Å². The molecule has 1 heterocycles. The molecule has 0 aromatic rings. The van der Waals surface area contributed by atoms with Gasteiger partial charge in [0.15, 0.2) is 0 Å². The van der Waals surface area contributed by atoms with Gasteiger partial charge in [-0.15, -0.1) is 0 Å². The van der Waals surface area contributed by atoms with Crippen molar-refractivity contribution in [3.8, 4) is 0 Å². The topological polar surface area (TPSA) is 3.24 Å². The van der Waals surface area contributed by atoms with Crippen molar-refractivity contribution in [2.75, 3.05) is 13.1 Å². The van der Waals surface area contributed by atoms with Crippen LogP contribution in [0.4, 0.5) is 0 Å². The number of likely N-dealkylation sites (tertiary alicyclic amines) is 1. The Hall–Kier alpha value is -0.0400. The first kappa shape index (κ1) is 8.06. The largest absolute Gasteiger partial charge is 0.300 e. The van der Waals surface area contributed by atoms with E-state index in [9.17, 15) is 0 Å². The van der Waals surface area contributed by atoms with E-state index in [2.05, 4.69) is 25.7 Å². The molecule has 60 valence electrons. The molecule has 0 N–H and O–H groups in total. The maximum Gasteiger partial charge on any atom is 0.00388 e. The molecule has 0 unspecified atom stereocenters. The zero-order valence-corrected chi connectivity index (χ0v) is 7.43. The number of hydrogen-bond acceptors (Lipinski definition) is 1. The minimum Gasteiger partial charge on any atom is -0.300 e. The zero-order valence-electron chi connectivity index (χ0n) is 7.43. The average molecular weight is 141 g/mol. The van der Waals surface area contributed by atoms with E-state index in [1.807, 2.05) is 0 Å². The van der Waals surface area contributed by atoms with Crippen LogP contribution >= 0.6 is 0 Å². The SMILES string of the molecule is CCCC1CN(C(C)C)C1. The Bertz CT molecular complexity index is 92.9. The van der Waals surface area contributed by atoms with Crippen molar-refractivity contribution in [3.63, 3.8) is 0 Å². The second kappa shape index (κ2) is 3.38. The first-order valence-corrected chi connectivity index (χ1v) is 4.48. The molecule has 0 aromatic carbocycles. The van der Waals surface area contributed by atoms with E-state index in [0.29, 0.717) is 0 Å². The molecule has 0 radical (unpaired) electrons. The second-order valence-electron chi connectivity index (χ2n) is 3.70. The van der Waals surface area contributed by atoms with E-state index < -0.39 is 0 Å². The van der Waals surface area contributed by atoms with Gasteiger partial charge in [0.05, 0.1) is 0 Å². The lowest BCUT2D eigenvalue weighted by molar-refractivity contribution is 0.0624. The van der Waals surface area contributed by atoms with Crippen LogP contribution in [0.1, 0.15) is 33.6 Å². The third kappa shape index (κ3) is 1.72. The molecule has 1 aliphatic rings. The predicted octanol–water partition coefficient (Wildman–Crippen LogP) is 2.13. The fraction of sp³-hybridized carbons (Fsp3) is 1.00. The molecular weight excluding hydrogens is 122 g/mol. The summed E-state index contributed by atoms with van der Waals surface area (Å²) in [4.78, 5) is 2.54. The van der Waals surface area contributed by atoms with E-state index >= 15 is 0 Å². The molecule has 1 heteroatoms. The number of rotatable bonds is 3. The van der Waals surface area contributed by atoms with Gasteiger partial charge in [0.1, 0.15) is 0 Å². The molecule has 1 rings (SSSR count). The summed E-state index contributed by atoms with van der Waals surface area (Å²) in [7, 11) is 0. The molecular formula is C9H19N. The molecule has 10 heavy (non-hydrogen) atoms. The minimum atomic E-state index is 0.771. The van der Waals surface area contributed by atoms with Crippen LogP contribution in [0.25, 0.3) is 0 Å².